The zero-order valence-corrected chi connectivity index (χ0v) is 8.40. The average Bonchev–Trinajstić information content (AvgIpc) is 2.59. The minimum atomic E-state index is -0.0143. The molecule has 0 bridgehead atoms. The second-order valence-corrected chi connectivity index (χ2v) is 3.67. The van der Waals surface area contributed by atoms with Gasteiger partial charge in [-0.15, -0.1) is 0 Å². The zero-order valence-electron chi connectivity index (χ0n) is 8.40. The Bertz CT molecular complexity index is 470. The van der Waals surface area contributed by atoms with Gasteiger partial charge in [-0.2, -0.15) is 0 Å². The van der Waals surface area contributed by atoms with E-state index in [0.717, 1.165) is 11.8 Å². The maximum atomic E-state index is 10.6. The number of hydrogen-bond donors (Lipinski definition) is 0. The van der Waals surface area contributed by atoms with Crippen LogP contribution in [0.4, 0.5) is 0 Å². The van der Waals surface area contributed by atoms with Gasteiger partial charge in [-0.1, -0.05) is 13.0 Å². The molecule has 2 heteroatoms. The van der Waals surface area contributed by atoms with Gasteiger partial charge in [0.15, 0.2) is 0 Å². The van der Waals surface area contributed by atoms with Crippen LogP contribution in [0.3, 0.4) is 0 Å². The maximum Gasteiger partial charge on any atom is 0.127 e. The van der Waals surface area contributed by atoms with Crippen molar-refractivity contribution in [1.82, 2.24) is 4.57 Å². The van der Waals surface area contributed by atoms with E-state index in [1.165, 1.54) is 10.9 Å². The van der Waals surface area contributed by atoms with E-state index in [1.54, 1.807) is 0 Å². The lowest BCUT2D eigenvalue weighted by molar-refractivity contribution is -0.108. The number of carbonyl (C=O) groups excluding carboxylic acids is 1. The van der Waals surface area contributed by atoms with Crippen molar-refractivity contribution in [2.75, 3.05) is 0 Å². The molecular formula is C12H13NO. The fraction of sp³-hybridized carbons (Fsp3) is 0.250. The average molecular weight is 187 g/mol. The van der Waals surface area contributed by atoms with Crippen molar-refractivity contribution in [3.63, 3.8) is 0 Å². The van der Waals surface area contributed by atoms with Crippen molar-refractivity contribution in [2.45, 2.75) is 12.8 Å². The molecule has 0 aliphatic heterocycles. The van der Waals surface area contributed by atoms with Crippen molar-refractivity contribution >= 4 is 17.2 Å². The number of rotatable bonds is 2. The molecule has 0 aliphatic carbocycles. The van der Waals surface area contributed by atoms with Gasteiger partial charge in [-0.3, -0.25) is 0 Å². The molecule has 2 aromatic rings. The number of hydrogen-bond acceptors (Lipinski definition) is 1. The third-order valence-corrected chi connectivity index (χ3v) is 2.64. The summed E-state index contributed by atoms with van der Waals surface area (Å²) in [5.41, 5.74) is 2.28. The quantitative estimate of drug-likeness (QED) is 0.662. The van der Waals surface area contributed by atoms with Crippen LogP contribution in [-0.4, -0.2) is 10.9 Å². The van der Waals surface area contributed by atoms with E-state index in [-0.39, 0.29) is 5.92 Å². The number of benzene rings is 1. The molecule has 1 atom stereocenters. The molecule has 0 N–H and O–H groups in total. The molecule has 0 saturated carbocycles. The molecule has 14 heavy (non-hydrogen) atoms. The van der Waals surface area contributed by atoms with Crippen LogP contribution >= 0.6 is 0 Å². The lowest BCUT2D eigenvalue weighted by Gasteiger charge is -2.04. The summed E-state index contributed by atoms with van der Waals surface area (Å²) in [7, 11) is 2.02. The van der Waals surface area contributed by atoms with E-state index >= 15 is 0 Å². The molecule has 72 valence electrons. The normalized spacial score (nSPS) is 13.0. The Morgan fingerprint density at radius 1 is 1.36 bits per heavy atom. The van der Waals surface area contributed by atoms with Crippen molar-refractivity contribution in [2.24, 2.45) is 7.05 Å². The summed E-state index contributed by atoms with van der Waals surface area (Å²) in [4.78, 5) is 10.6. The molecule has 0 saturated heterocycles. The number of carbonyl (C=O) groups is 1. The monoisotopic (exact) mass is 187 g/mol. The van der Waals surface area contributed by atoms with Crippen LogP contribution in [0.15, 0.2) is 30.5 Å². The van der Waals surface area contributed by atoms with Crippen LogP contribution in [0.25, 0.3) is 10.9 Å². The van der Waals surface area contributed by atoms with Crippen molar-refractivity contribution in [3.8, 4) is 0 Å². The Hall–Kier alpha value is -1.57. The van der Waals surface area contributed by atoms with Crippen LogP contribution in [0, 0.1) is 0 Å². The number of fused-ring (bicyclic) bond motifs is 1. The Kier molecular flexibility index (Phi) is 2.12. The molecule has 0 aliphatic rings. The first-order chi connectivity index (χ1) is 6.72. The van der Waals surface area contributed by atoms with Gasteiger partial charge in [-0.25, -0.2) is 0 Å². The second kappa shape index (κ2) is 3.29. The number of aryl methyl sites for hydroxylation is 1. The molecule has 2 nitrogen and oxygen atoms in total. The van der Waals surface area contributed by atoms with E-state index in [2.05, 4.69) is 22.8 Å². The standard InChI is InChI=1S/C12H13NO/c1-9(8-14)10-3-4-12-11(7-10)5-6-13(12)2/h3-9H,1-2H3. The fourth-order valence-electron chi connectivity index (χ4n) is 1.66. The van der Waals surface area contributed by atoms with E-state index in [4.69, 9.17) is 0 Å². The highest BCUT2D eigenvalue weighted by Gasteiger charge is 2.05. The SMILES string of the molecule is CC(C=O)c1ccc2c(ccn2C)c1. The summed E-state index contributed by atoms with van der Waals surface area (Å²) in [6, 6.07) is 8.22. The molecule has 0 radical (unpaired) electrons. The van der Waals surface area contributed by atoms with E-state index in [1.807, 2.05) is 26.2 Å². The van der Waals surface area contributed by atoms with Crippen LogP contribution in [-0.2, 0) is 11.8 Å². The van der Waals surface area contributed by atoms with E-state index < -0.39 is 0 Å². The van der Waals surface area contributed by atoms with Gasteiger partial charge >= 0.3 is 0 Å². The number of aldehydes is 1. The Morgan fingerprint density at radius 3 is 2.86 bits per heavy atom. The number of nitrogens with zero attached hydrogens (tertiary/aromatic N) is 1. The van der Waals surface area contributed by atoms with Crippen LogP contribution in [0.1, 0.15) is 18.4 Å². The van der Waals surface area contributed by atoms with Crippen LogP contribution < -0.4 is 0 Å². The minimum absolute atomic E-state index is 0.0143. The minimum Gasteiger partial charge on any atom is -0.351 e. The third kappa shape index (κ3) is 1.33. The maximum absolute atomic E-state index is 10.6. The van der Waals surface area contributed by atoms with Crippen molar-refractivity contribution < 1.29 is 4.79 Å². The second-order valence-electron chi connectivity index (χ2n) is 3.67. The van der Waals surface area contributed by atoms with Crippen molar-refractivity contribution in [3.05, 3.63) is 36.0 Å². The lowest BCUT2D eigenvalue weighted by atomic mass is 10.0. The molecule has 0 amide bonds. The van der Waals surface area contributed by atoms with Gasteiger partial charge in [-0.05, 0) is 29.1 Å². The summed E-state index contributed by atoms with van der Waals surface area (Å²) >= 11 is 0. The van der Waals surface area contributed by atoms with Gasteiger partial charge in [0, 0.05) is 24.7 Å². The lowest BCUT2D eigenvalue weighted by Crippen LogP contribution is -1.93. The number of aromatic nitrogens is 1. The Morgan fingerprint density at radius 2 is 2.14 bits per heavy atom. The van der Waals surface area contributed by atoms with Gasteiger partial charge in [0.2, 0.25) is 0 Å². The van der Waals surface area contributed by atoms with Gasteiger partial charge in [0.25, 0.3) is 0 Å². The first kappa shape index (κ1) is 9.00. The summed E-state index contributed by atoms with van der Waals surface area (Å²) in [6.45, 7) is 1.91. The van der Waals surface area contributed by atoms with E-state index in [0.29, 0.717) is 0 Å². The summed E-state index contributed by atoms with van der Waals surface area (Å²) in [6.07, 6.45) is 3.00. The Balaban J connectivity index is 2.57. The van der Waals surface area contributed by atoms with Gasteiger partial charge in [0.1, 0.15) is 6.29 Å². The summed E-state index contributed by atoms with van der Waals surface area (Å²) in [5, 5.41) is 1.19. The smallest absolute Gasteiger partial charge is 0.127 e. The molecule has 1 heterocycles. The molecule has 0 fully saturated rings. The predicted molar refractivity (Wildman–Crippen MR) is 57.4 cm³/mol. The summed E-state index contributed by atoms with van der Waals surface area (Å²) < 4.78 is 2.07. The highest BCUT2D eigenvalue weighted by atomic mass is 16.1. The van der Waals surface area contributed by atoms with E-state index in [9.17, 15) is 4.79 Å². The largest absolute Gasteiger partial charge is 0.351 e. The molecule has 0 spiro atoms. The zero-order chi connectivity index (χ0) is 10.1. The fourth-order valence-corrected chi connectivity index (χ4v) is 1.66. The first-order valence-electron chi connectivity index (χ1n) is 4.72. The molecule has 1 aromatic carbocycles. The van der Waals surface area contributed by atoms with Crippen LogP contribution in [0.2, 0.25) is 0 Å². The highest BCUT2D eigenvalue weighted by molar-refractivity contribution is 5.81. The molecule has 1 aromatic heterocycles. The van der Waals surface area contributed by atoms with Crippen LogP contribution in [0.5, 0.6) is 0 Å². The summed E-state index contributed by atoms with van der Waals surface area (Å²) in [5.74, 6) is -0.0143. The molecule has 2 rings (SSSR count). The Labute approximate surface area is 83.2 Å². The van der Waals surface area contributed by atoms with Gasteiger partial charge < -0.3 is 9.36 Å². The van der Waals surface area contributed by atoms with Crippen molar-refractivity contribution in [1.29, 1.82) is 0 Å². The topological polar surface area (TPSA) is 22.0 Å². The molecule has 1 unspecified atom stereocenters. The highest BCUT2D eigenvalue weighted by Crippen LogP contribution is 2.20. The third-order valence-electron chi connectivity index (χ3n) is 2.64. The molecular weight excluding hydrogens is 174 g/mol. The van der Waals surface area contributed by atoms with Gasteiger partial charge in [0.05, 0.1) is 0 Å². The first-order valence-corrected chi connectivity index (χ1v) is 4.72. The predicted octanol–water partition coefficient (Wildman–Crippen LogP) is 2.48.